The lowest BCUT2D eigenvalue weighted by Gasteiger charge is -2.31. The Labute approximate surface area is 135 Å². The zero-order chi connectivity index (χ0) is 15.5. The molecule has 0 saturated carbocycles. The van der Waals surface area contributed by atoms with E-state index in [1.165, 1.54) is 18.4 Å². The lowest BCUT2D eigenvalue weighted by molar-refractivity contribution is 0.173. The van der Waals surface area contributed by atoms with E-state index in [2.05, 4.69) is 28.0 Å². The quantitative estimate of drug-likeness (QED) is 0.848. The highest BCUT2D eigenvalue weighted by molar-refractivity contribution is 6.32. The molecule has 3 rings (SSSR count). The first-order valence-electron chi connectivity index (χ1n) is 7.60. The van der Waals surface area contributed by atoms with Gasteiger partial charge in [-0.3, -0.25) is 9.58 Å². The largest absolute Gasteiger partial charge is 0.495 e. The van der Waals surface area contributed by atoms with Crippen molar-refractivity contribution in [3.05, 3.63) is 41.4 Å². The number of aromatic nitrogens is 3. The molecule has 2 heterocycles. The van der Waals surface area contributed by atoms with E-state index in [0.29, 0.717) is 17.1 Å². The van der Waals surface area contributed by atoms with Gasteiger partial charge in [0.15, 0.2) is 0 Å². The van der Waals surface area contributed by atoms with Gasteiger partial charge in [-0.05, 0) is 44.0 Å². The first-order chi connectivity index (χ1) is 10.7. The van der Waals surface area contributed by atoms with Gasteiger partial charge in [-0.2, -0.15) is 5.10 Å². The molecule has 1 saturated heterocycles. The number of hydrogen-bond acceptors (Lipinski definition) is 4. The average Bonchev–Trinajstić information content (AvgIpc) is 3.18. The maximum Gasteiger partial charge on any atom is 0.137 e. The van der Waals surface area contributed by atoms with Crippen molar-refractivity contribution in [2.45, 2.75) is 38.4 Å². The Bertz CT molecular complexity index is 617. The number of hydrogen-bond donors (Lipinski definition) is 0. The summed E-state index contributed by atoms with van der Waals surface area (Å²) in [5, 5.41) is 4.89. The Balaban J connectivity index is 1.75. The minimum atomic E-state index is 0.319. The standard InChI is InChI=1S/C16H21ClN4O/c1-12(13-5-6-16(22-2)15(17)8-13)21-7-3-4-14(21)9-20-11-18-10-19-20/h5-6,8,10-12,14H,3-4,7,9H2,1-2H3/t12-,14-/m0/s1. The van der Waals surface area contributed by atoms with Gasteiger partial charge in [0, 0.05) is 12.1 Å². The molecule has 0 amide bonds. The summed E-state index contributed by atoms with van der Waals surface area (Å²) in [6.07, 6.45) is 5.78. The van der Waals surface area contributed by atoms with Crippen molar-refractivity contribution in [2.24, 2.45) is 0 Å². The number of ether oxygens (including phenoxy) is 1. The second-order valence-electron chi connectivity index (χ2n) is 5.72. The van der Waals surface area contributed by atoms with E-state index in [4.69, 9.17) is 16.3 Å². The van der Waals surface area contributed by atoms with Crippen LogP contribution in [0.15, 0.2) is 30.9 Å². The van der Waals surface area contributed by atoms with Gasteiger partial charge in [-0.25, -0.2) is 4.98 Å². The summed E-state index contributed by atoms with van der Waals surface area (Å²) in [5.74, 6) is 0.721. The molecule has 0 unspecified atom stereocenters. The number of benzene rings is 1. The number of likely N-dealkylation sites (tertiary alicyclic amines) is 1. The molecule has 1 aliphatic heterocycles. The molecule has 0 spiro atoms. The second kappa shape index (κ2) is 6.67. The van der Waals surface area contributed by atoms with Crippen molar-refractivity contribution in [3.63, 3.8) is 0 Å². The van der Waals surface area contributed by atoms with Crippen molar-refractivity contribution in [2.75, 3.05) is 13.7 Å². The summed E-state index contributed by atoms with van der Waals surface area (Å²) < 4.78 is 7.15. The van der Waals surface area contributed by atoms with Gasteiger partial charge in [0.25, 0.3) is 0 Å². The highest BCUT2D eigenvalue weighted by Crippen LogP contribution is 2.33. The van der Waals surface area contributed by atoms with Crippen molar-refractivity contribution in [3.8, 4) is 5.75 Å². The summed E-state index contributed by atoms with van der Waals surface area (Å²) in [5.41, 5.74) is 1.22. The van der Waals surface area contributed by atoms with E-state index in [-0.39, 0.29) is 0 Å². The molecular formula is C16H21ClN4O. The van der Waals surface area contributed by atoms with Gasteiger partial charge >= 0.3 is 0 Å². The van der Waals surface area contributed by atoms with Crippen molar-refractivity contribution >= 4 is 11.6 Å². The normalized spacial score (nSPS) is 20.2. The first-order valence-corrected chi connectivity index (χ1v) is 7.98. The maximum absolute atomic E-state index is 6.27. The Hall–Kier alpha value is -1.59. The first kappa shape index (κ1) is 15.3. The Kier molecular flexibility index (Phi) is 4.64. The van der Waals surface area contributed by atoms with Gasteiger partial charge < -0.3 is 4.74 Å². The smallest absolute Gasteiger partial charge is 0.137 e. The molecule has 2 atom stereocenters. The van der Waals surface area contributed by atoms with E-state index in [1.54, 1.807) is 19.8 Å². The van der Waals surface area contributed by atoms with Crippen LogP contribution in [-0.4, -0.2) is 39.4 Å². The van der Waals surface area contributed by atoms with Crippen molar-refractivity contribution < 1.29 is 4.74 Å². The third-order valence-electron chi connectivity index (χ3n) is 4.44. The Morgan fingerprint density at radius 1 is 1.45 bits per heavy atom. The van der Waals surface area contributed by atoms with E-state index < -0.39 is 0 Å². The second-order valence-corrected chi connectivity index (χ2v) is 6.13. The highest BCUT2D eigenvalue weighted by Gasteiger charge is 2.29. The maximum atomic E-state index is 6.27. The van der Waals surface area contributed by atoms with Crippen LogP contribution in [0.3, 0.4) is 0 Å². The summed E-state index contributed by atoms with van der Waals surface area (Å²) in [4.78, 5) is 6.55. The fraction of sp³-hybridized carbons (Fsp3) is 0.500. The van der Waals surface area contributed by atoms with Crippen molar-refractivity contribution in [1.29, 1.82) is 0 Å². The predicted molar refractivity (Wildman–Crippen MR) is 86.2 cm³/mol. The third kappa shape index (κ3) is 3.10. The molecule has 1 aliphatic rings. The van der Waals surface area contributed by atoms with Gasteiger partial charge in [0.2, 0.25) is 0 Å². The van der Waals surface area contributed by atoms with Gasteiger partial charge in [-0.15, -0.1) is 0 Å². The molecule has 0 aliphatic carbocycles. The minimum absolute atomic E-state index is 0.319. The van der Waals surface area contributed by atoms with Crippen molar-refractivity contribution in [1.82, 2.24) is 19.7 Å². The fourth-order valence-electron chi connectivity index (χ4n) is 3.24. The SMILES string of the molecule is COc1ccc([C@H](C)N2CCC[C@H]2Cn2cncn2)cc1Cl. The molecule has 6 heteroatoms. The van der Waals surface area contributed by atoms with Crippen LogP contribution in [0.1, 0.15) is 31.4 Å². The van der Waals surface area contributed by atoms with Crippen LogP contribution < -0.4 is 4.74 Å². The molecule has 5 nitrogen and oxygen atoms in total. The molecule has 1 fully saturated rings. The zero-order valence-electron chi connectivity index (χ0n) is 12.9. The molecule has 22 heavy (non-hydrogen) atoms. The molecule has 0 N–H and O–H groups in total. The van der Waals surface area contributed by atoms with Crippen LogP contribution in [-0.2, 0) is 6.54 Å². The lowest BCUT2D eigenvalue weighted by atomic mass is 10.1. The van der Waals surface area contributed by atoms with Gasteiger partial charge in [-0.1, -0.05) is 17.7 Å². The van der Waals surface area contributed by atoms with Crippen LogP contribution in [0.25, 0.3) is 0 Å². The van der Waals surface area contributed by atoms with Crippen LogP contribution in [0, 0.1) is 0 Å². The Morgan fingerprint density at radius 2 is 2.32 bits per heavy atom. The van der Waals surface area contributed by atoms with Crippen LogP contribution in [0.4, 0.5) is 0 Å². The molecule has 0 radical (unpaired) electrons. The lowest BCUT2D eigenvalue weighted by Crippen LogP contribution is -2.35. The fourth-order valence-corrected chi connectivity index (χ4v) is 3.51. The zero-order valence-corrected chi connectivity index (χ0v) is 13.7. The Morgan fingerprint density at radius 3 is 3.00 bits per heavy atom. The highest BCUT2D eigenvalue weighted by atomic mass is 35.5. The summed E-state index contributed by atoms with van der Waals surface area (Å²) in [6.45, 7) is 4.22. The van der Waals surface area contributed by atoms with Crippen LogP contribution >= 0.6 is 11.6 Å². The van der Waals surface area contributed by atoms with Crippen LogP contribution in [0.2, 0.25) is 5.02 Å². The molecule has 0 bridgehead atoms. The number of methoxy groups -OCH3 is 1. The van der Waals surface area contributed by atoms with Gasteiger partial charge in [0.05, 0.1) is 18.7 Å². The van der Waals surface area contributed by atoms with Gasteiger partial charge in [0.1, 0.15) is 18.4 Å². The summed E-state index contributed by atoms with van der Waals surface area (Å²) in [6, 6.07) is 6.85. The average molecular weight is 321 g/mol. The van der Waals surface area contributed by atoms with E-state index in [9.17, 15) is 0 Å². The van der Waals surface area contributed by atoms with E-state index in [1.807, 2.05) is 16.8 Å². The van der Waals surface area contributed by atoms with E-state index in [0.717, 1.165) is 18.8 Å². The number of rotatable bonds is 5. The topological polar surface area (TPSA) is 43.2 Å². The third-order valence-corrected chi connectivity index (χ3v) is 4.74. The molecule has 118 valence electrons. The molecule has 2 aromatic rings. The van der Waals surface area contributed by atoms with Crippen LogP contribution in [0.5, 0.6) is 5.75 Å². The number of halogens is 1. The number of nitrogens with zero attached hydrogens (tertiary/aromatic N) is 4. The van der Waals surface area contributed by atoms with E-state index >= 15 is 0 Å². The molecular weight excluding hydrogens is 300 g/mol. The molecule has 1 aromatic carbocycles. The summed E-state index contributed by atoms with van der Waals surface area (Å²) in [7, 11) is 1.64. The monoisotopic (exact) mass is 320 g/mol. The summed E-state index contributed by atoms with van der Waals surface area (Å²) >= 11 is 6.27. The molecule has 1 aromatic heterocycles. The minimum Gasteiger partial charge on any atom is -0.495 e. The predicted octanol–water partition coefficient (Wildman–Crippen LogP) is 3.17.